The van der Waals surface area contributed by atoms with Crippen LogP contribution < -0.4 is 4.74 Å². The van der Waals surface area contributed by atoms with Gasteiger partial charge in [-0.1, -0.05) is 36.2 Å². The zero-order valence-corrected chi connectivity index (χ0v) is 19.9. The van der Waals surface area contributed by atoms with E-state index in [1.165, 1.54) is 6.07 Å². The Balaban J connectivity index is 1.53. The van der Waals surface area contributed by atoms with E-state index in [4.69, 9.17) is 21.1 Å². The summed E-state index contributed by atoms with van der Waals surface area (Å²) in [6, 6.07) is 12.4. The van der Waals surface area contributed by atoms with E-state index in [0.717, 1.165) is 37.8 Å². The number of piperidine rings is 1. The predicted molar refractivity (Wildman–Crippen MR) is 127 cm³/mol. The van der Waals surface area contributed by atoms with Crippen LogP contribution in [0, 0.1) is 11.7 Å². The molecule has 2 aromatic carbocycles. The molecular formula is C26H32ClFN2O3. The summed E-state index contributed by atoms with van der Waals surface area (Å²) in [5, 5.41) is 0.138. The molecule has 1 amide bonds. The molecule has 2 atom stereocenters. The van der Waals surface area contributed by atoms with Crippen molar-refractivity contribution in [2.24, 2.45) is 5.92 Å². The van der Waals surface area contributed by atoms with Gasteiger partial charge < -0.3 is 14.4 Å². The summed E-state index contributed by atoms with van der Waals surface area (Å²) in [5.41, 5.74) is 1.49. The van der Waals surface area contributed by atoms with Gasteiger partial charge in [-0.2, -0.15) is 0 Å². The highest BCUT2D eigenvalue weighted by molar-refractivity contribution is 6.30. The Morgan fingerprint density at radius 2 is 1.97 bits per heavy atom. The Morgan fingerprint density at radius 3 is 2.79 bits per heavy atom. The van der Waals surface area contributed by atoms with Gasteiger partial charge in [0.1, 0.15) is 18.2 Å². The van der Waals surface area contributed by atoms with Crippen LogP contribution in [0.5, 0.6) is 5.75 Å². The van der Waals surface area contributed by atoms with Gasteiger partial charge in [-0.3, -0.25) is 9.69 Å². The van der Waals surface area contributed by atoms with Crippen molar-refractivity contribution in [2.75, 3.05) is 39.9 Å². The van der Waals surface area contributed by atoms with Gasteiger partial charge in [0.2, 0.25) is 0 Å². The fourth-order valence-electron chi connectivity index (χ4n) is 4.91. The molecule has 2 aliphatic rings. The van der Waals surface area contributed by atoms with Crippen molar-refractivity contribution < 1.29 is 18.7 Å². The summed E-state index contributed by atoms with van der Waals surface area (Å²) in [6.07, 6.45) is 4.12. The molecule has 1 saturated heterocycles. The molecule has 4 rings (SSSR count). The maximum absolute atomic E-state index is 13.9. The van der Waals surface area contributed by atoms with E-state index in [1.807, 2.05) is 35.2 Å². The van der Waals surface area contributed by atoms with Crippen molar-refractivity contribution in [3.05, 3.63) is 64.4 Å². The van der Waals surface area contributed by atoms with Crippen molar-refractivity contribution in [1.29, 1.82) is 0 Å². The van der Waals surface area contributed by atoms with Gasteiger partial charge in [-0.05, 0) is 55.6 Å². The minimum atomic E-state index is -0.396. The van der Waals surface area contributed by atoms with Crippen LogP contribution >= 0.6 is 11.6 Å². The van der Waals surface area contributed by atoms with Gasteiger partial charge in [0, 0.05) is 39.2 Å². The first-order valence-corrected chi connectivity index (χ1v) is 12.1. The van der Waals surface area contributed by atoms with E-state index in [-0.39, 0.29) is 17.0 Å². The Kier molecular flexibility index (Phi) is 8.23. The molecule has 0 spiro atoms. The van der Waals surface area contributed by atoms with Crippen LogP contribution in [0.1, 0.15) is 41.6 Å². The number of hydrogen-bond donors (Lipinski definition) is 0. The number of hydrogen-bond acceptors (Lipinski definition) is 4. The highest BCUT2D eigenvalue weighted by atomic mass is 35.5. The topological polar surface area (TPSA) is 42.0 Å². The lowest BCUT2D eigenvalue weighted by molar-refractivity contribution is -0.00702. The quantitative estimate of drug-likeness (QED) is 0.626. The predicted octanol–water partition coefficient (Wildman–Crippen LogP) is 5.02. The Labute approximate surface area is 200 Å². The van der Waals surface area contributed by atoms with Crippen molar-refractivity contribution in [2.45, 2.75) is 38.3 Å². The second-order valence-electron chi connectivity index (χ2n) is 8.94. The second kappa shape index (κ2) is 11.3. The van der Waals surface area contributed by atoms with E-state index in [9.17, 15) is 9.18 Å². The van der Waals surface area contributed by atoms with Gasteiger partial charge in [0.05, 0.1) is 16.7 Å². The van der Waals surface area contributed by atoms with E-state index < -0.39 is 5.82 Å². The number of methoxy groups -OCH3 is 1. The number of rotatable bonds is 3. The number of amides is 1. The third-order valence-corrected chi connectivity index (χ3v) is 7.03. The van der Waals surface area contributed by atoms with Gasteiger partial charge in [0.15, 0.2) is 0 Å². The van der Waals surface area contributed by atoms with Gasteiger partial charge >= 0.3 is 0 Å². The summed E-state index contributed by atoms with van der Waals surface area (Å²) in [5.74, 6) is 0.563. The molecule has 0 saturated carbocycles. The third kappa shape index (κ3) is 6.05. The van der Waals surface area contributed by atoms with Crippen LogP contribution in [0.25, 0.3) is 0 Å². The fraction of sp³-hybridized carbons (Fsp3) is 0.500. The molecule has 7 heteroatoms. The average Bonchev–Trinajstić information content (AvgIpc) is 2.83. The monoisotopic (exact) mass is 474 g/mol. The Morgan fingerprint density at radius 1 is 1.12 bits per heavy atom. The molecule has 2 aliphatic heterocycles. The molecule has 2 bridgehead atoms. The average molecular weight is 475 g/mol. The molecule has 0 unspecified atom stereocenters. The number of para-hydroxylation sites is 1. The molecule has 2 aromatic rings. The lowest BCUT2D eigenvalue weighted by Gasteiger charge is -2.38. The molecule has 5 nitrogen and oxygen atoms in total. The summed E-state index contributed by atoms with van der Waals surface area (Å²) < 4.78 is 25.8. The van der Waals surface area contributed by atoms with E-state index in [2.05, 4.69) is 4.90 Å². The first kappa shape index (κ1) is 24.0. The minimum absolute atomic E-state index is 0.0238. The number of fused-ring (bicyclic) bond motifs is 3. The van der Waals surface area contributed by atoms with Crippen LogP contribution in [-0.2, 0) is 11.3 Å². The largest absolute Gasteiger partial charge is 0.491 e. The molecule has 33 heavy (non-hydrogen) atoms. The van der Waals surface area contributed by atoms with Gasteiger partial charge in [-0.25, -0.2) is 4.39 Å². The minimum Gasteiger partial charge on any atom is -0.491 e. The summed E-state index contributed by atoms with van der Waals surface area (Å²) >= 11 is 5.85. The van der Waals surface area contributed by atoms with Crippen LogP contribution in [0.15, 0.2) is 42.5 Å². The van der Waals surface area contributed by atoms with Crippen LogP contribution in [0.3, 0.4) is 0 Å². The molecule has 0 aromatic heterocycles. The summed E-state index contributed by atoms with van der Waals surface area (Å²) in [6.45, 7) is 4.06. The van der Waals surface area contributed by atoms with Crippen LogP contribution in [0.4, 0.5) is 4.39 Å². The normalized spacial score (nSPS) is 22.9. The van der Waals surface area contributed by atoms with E-state index >= 15 is 0 Å². The molecule has 0 radical (unpaired) electrons. The zero-order chi connectivity index (χ0) is 23.2. The van der Waals surface area contributed by atoms with Crippen molar-refractivity contribution >= 4 is 17.5 Å². The van der Waals surface area contributed by atoms with Crippen LogP contribution in [-0.4, -0.2) is 61.7 Å². The fourth-order valence-corrected chi connectivity index (χ4v) is 5.03. The van der Waals surface area contributed by atoms with Crippen molar-refractivity contribution in [3.63, 3.8) is 0 Å². The maximum atomic E-state index is 13.9. The molecule has 0 N–H and O–H groups in total. The number of carbonyl (C=O) groups excluding carboxylic acids is 1. The van der Waals surface area contributed by atoms with E-state index in [1.54, 1.807) is 13.2 Å². The Bertz CT molecular complexity index is 957. The molecule has 1 fully saturated rings. The number of nitrogens with zero attached hydrogens (tertiary/aromatic N) is 2. The summed E-state index contributed by atoms with van der Waals surface area (Å²) in [7, 11) is 1.77. The third-order valence-electron chi connectivity index (χ3n) is 6.73. The SMILES string of the molecule is CO[C@@H]1CCN2C[C@@H]1CCCCN(Cc1ccc(Cl)c(F)c1)CCOc1ccccc1C2=O. The standard InChI is InChI=1S/C26H32ClFN2O3/c1-32-24-11-13-30-18-20(24)6-4-5-12-29(17-19-9-10-22(27)23(28)16-19)14-15-33-25-8-3-2-7-21(25)26(30)31/h2-3,7-10,16,20,24H,4-6,11-15,17-18H2,1H3/t20-,24+/m0/s1. The molecule has 0 aliphatic carbocycles. The maximum Gasteiger partial charge on any atom is 0.257 e. The summed E-state index contributed by atoms with van der Waals surface area (Å²) in [4.78, 5) is 17.6. The molecule has 178 valence electrons. The molecular weight excluding hydrogens is 443 g/mol. The van der Waals surface area contributed by atoms with Crippen molar-refractivity contribution in [1.82, 2.24) is 9.80 Å². The van der Waals surface area contributed by atoms with Gasteiger partial charge in [0.25, 0.3) is 5.91 Å². The van der Waals surface area contributed by atoms with Crippen molar-refractivity contribution in [3.8, 4) is 5.75 Å². The number of benzene rings is 2. The Hall–Kier alpha value is -2.15. The highest BCUT2D eigenvalue weighted by Crippen LogP contribution is 2.28. The lowest BCUT2D eigenvalue weighted by Crippen LogP contribution is -2.46. The highest BCUT2D eigenvalue weighted by Gasteiger charge is 2.32. The first-order chi connectivity index (χ1) is 16.0. The zero-order valence-electron chi connectivity index (χ0n) is 19.1. The number of carbonyl (C=O) groups is 1. The number of ether oxygens (including phenoxy) is 2. The van der Waals surface area contributed by atoms with Crippen LogP contribution in [0.2, 0.25) is 5.02 Å². The first-order valence-electron chi connectivity index (χ1n) is 11.8. The smallest absolute Gasteiger partial charge is 0.257 e. The number of halogens is 2. The van der Waals surface area contributed by atoms with Gasteiger partial charge in [-0.15, -0.1) is 0 Å². The lowest BCUT2D eigenvalue weighted by atomic mass is 9.89. The second-order valence-corrected chi connectivity index (χ2v) is 9.35. The van der Waals surface area contributed by atoms with E-state index in [0.29, 0.717) is 50.0 Å². The molecule has 2 heterocycles.